The zero-order chi connectivity index (χ0) is 14.6. The van der Waals surface area contributed by atoms with E-state index in [0.717, 1.165) is 6.07 Å². The van der Waals surface area contributed by atoms with E-state index in [1.165, 1.54) is 26.4 Å². The van der Waals surface area contributed by atoms with Gasteiger partial charge >= 0.3 is 5.97 Å². The molecule has 0 N–H and O–H groups in total. The number of hydrogen-bond acceptors (Lipinski definition) is 4. The lowest BCUT2D eigenvalue weighted by molar-refractivity contribution is -0.144. The van der Waals surface area contributed by atoms with Crippen LogP contribution in [0.15, 0.2) is 18.2 Å². The van der Waals surface area contributed by atoms with Crippen LogP contribution in [0.5, 0.6) is 5.75 Å². The second-order valence-corrected chi connectivity index (χ2v) is 4.46. The van der Waals surface area contributed by atoms with Gasteiger partial charge in [0.15, 0.2) is 17.3 Å². The monoisotopic (exact) mass is 268 g/mol. The lowest BCUT2D eigenvalue weighted by Crippen LogP contribution is -2.30. The molecule has 5 heteroatoms. The van der Waals surface area contributed by atoms with Gasteiger partial charge in [-0.25, -0.2) is 4.39 Å². The first-order valence-corrected chi connectivity index (χ1v) is 5.88. The average Bonchev–Trinajstić information content (AvgIpc) is 2.38. The van der Waals surface area contributed by atoms with Gasteiger partial charge in [0.25, 0.3) is 0 Å². The van der Waals surface area contributed by atoms with Crippen molar-refractivity contribution < 1.29 is 23.5 Å². The van der Waals surface area contributed by atoms with Crippen LogP contribution >= 0.6 is 0 Å². The zero-order valence-electron chi connectivity index (χ0n) is 11.4. The Kier molecular flexibility index (Phi) is 5.03. The summed E-state index contributed by atoms with van der Waals surface area (Å²) in [5.74, 6) is -2.70. The van der Waals surface area contributed by atoms with Crippen LogP contribution in [-0.2, 0) is 9.53 Å². The lowest BCUT2D eigenvalue weighted by atomic mass is 9.88. The topological polar surface area (TPSA) is 52.6 Å². The number of hydrogen-bond donors (Lipinski definition) is 0. The molecule has 0 amide bonds. The molecule has 0 saturated heterocycles. The van der Waals surface area contributed by atoms with Crippen molar-refractivity contribution in [1.82, 2.24) is 0 Å². The van der Waals surface area contributed by atoms with Gasteiger partial charge in [0, 0.05) is 5.56 Å². The van der Waals surface area contributed by atoms with Gasteiger partial charge in [-0.05, 0) is 24.1 Å². The highest BCUT2D eigenvalue weighted by atomic mass is 19.1. The number of rotatable bonds is 5. The van der Waals surface area contributed by atoms with Crippen LogP contribution in [0.3, 0.4) is 0 Å². The predicted molar refractivity (Wildman–Crippen MR) is 67.6 cm³/mol. The fourth-order valence-electron chi connectivity index (χ4n) is 1.80. The van der Waals surface area contributed by atoms with Crippen molar-refractivity contribution in [3.8, 4) is 5.75 Å². The maximum absolute atomic E-state index is 13.3. The Morgan fingerprint density at radius 3 is 2.32 bits per heavy atom. The molecule has 0 aliphatic carbocycles. The van der Waals surface area contributed by atoms with Crippen molar-refractivity contribution >= 4 is 11.8 Å². The molecule has 0 heterocycles. The Hall–Kier alpha value is -1.91. The van der Waals surface area contributed by atoms with E-state index in [2.05, 4.69) is 4.74 Å². The zero-order valence-corrected chi connectivity index (χ0v) is 11.4. The number of halogens is 1. The third-order valence-electron chi connectivity index (χ3n) is 2.84. The number of Topliss-reactive ketones (excluding diaryl/α,β-unsaturated/α-hetero) is 1. The molecule has 0 bridgehead atoms. The highest BCUT2D eigenvalue weighted by Gasteiger charge is 2.31. The molecule has 0 aliphatic rings. The number of methoxy groups -OCH3 is 2. The second kappa shape index (κ2) is 6.31. The molecule has 0 saturated carbocycles. The average molecular weight is 268 g/mol. The Morgan fingerprint density at radius 2 is 1.84 bits per heavy atom. The fourth-order valence-corrected chi connectivity index (χ4v) is 1.80. The third-order valence-corrected chi connectivity index (χ3v) is 2.84. The standard InChI is InChI=1S/C14H17FO4/c1-8(2)12(14(17)19-4)13(16)9-5-6-10(15)11(7-9)18-3/h5-8,12H,1-4H3. The van der Waals surface area contributed by atoms with Crippen molar-refractivity contribution in [1.29, 1.82) is 0 Å². The number of carbonyl (C=O) groups is 2. The first-order chi connectivity index (χ1) is 8.92. The summed E-state index contributed by atoms with van der Waals surface area (Å²) in [6.45, 7) is 3.50. The van der Waals surface area contributed by atoms with E-state index in [4.69, 9.17) is 4.74 Å². The predicted octanol–water partition coefficient (Wildman–Crippen LogP) is 2.46. The summed E-state index contributed by atoms with van der Waals surface area (Å²) in [7, 11) is 2.54. The summed E-state index contributed by atoms with van der Waals surface area (Å²) in [6, 6.07) is 3.76. The number of ether oxygens (including phenoxy) is 2. The maximum Gasteiger partial charge on any atom is 0.316 e. The summed E-state index contributed by atoms with van der Waals surface area (Å²) >= 11 is 0. The summed E-state index contributed by atoms with van der Waals surface area (Å²) in [5.41, 5.74) is 0.224. The Labute approximate surface area is 111 Å². The summed E-state index contributed by atoms with van der Waals surface area (Å²) in [4.78, 5) is 23.9. The van der Waals surface area contributed by atoms with Crippen LogP contribution < -0.4 is 4.74 Å². The van der Waals surface area contributed by atoms with Crippen LogP contribution in [0.25, 0.3) is 0 Å². The Bertz CT molecular complexity index is 482. The van der Waals surface area contributed by atoms with E-state index >= 15 is 0 Å². The number of esters is 1. The van der Waals surface area contributed by atoms with Crippen LogP contribution in [0.1, 0.15) is 24.2 Å². The molecular formula is C14H17FO4. The summed E-state index contributed by atoms with van der Waals surface area (Å²) in [5, 5.41) is 0. The molecule has 0 aliphatic heterocycles. The molecule has 1 rings (SSSR count). The first-order valence-electron chi connectivity index (χ1n) is 5.88. The van der Waals surface area contributed by atoms with Crippen molar-refractivity contribution in [2.24, 2.45) is 11.8 Å². The van der Waals surface area contributed by atoms with Crippen molar-refractivity contribution in [2.75, 3.05) is 14.2 Å². The normalized spacial score (nSPS) is 12.1. The van der Waals surface area contributed by atoms with E-state index < -0.39 is 23.5 Å². The van der Waals surface area contributed by atoms with Gasteiger partial charge in [-0.1, -0.05) is 13.8 Å². The number of ketones is 1. The molecule has 0 radical (unpaired) electrons. The second-order valence-electron chi connectivity index (χ2n) is 4.46. The molecule has 4 nitrogen and oxygen atoms in total. The van der Waals surface area contributed by atoms with Crippen LogP contribution in [-0.4, -0.2) is 26.0 Å². The number of carbonyl (C=O) groups excluding carboxylic acids is 2. The van der Waals surface area contributed by atoms with Gasteiger partial charge < -0.3 is 9.47 Å². The first kappa shape index (κ1) is 15.1. The molecule has 0 aromatic heterocycles. The van der Waals surface area contributed by atoms with Crippen molar-refractivity contribution in [2.45, 2.75) is 13.8 Å². The molecule has 0 fully saturated rings. The van der Waals surface area contributed by atoms with E-state index in [-0.39, 0.29) is 17.2 Å². The minimum absolute atomic E-state index is 0.0294. The molecule has 19 heavy (non-hydrogen) atoms. The fraction of sp³-hybridized carbons (Fsp3) is 0.429. The maximum atomic E-state index is 13.3. The third kappa shape index (κ3) is 3.30. The molecular weight excluding hydrogens is 251 g/mol. The van der Waals surface area contributed by atoms with Crippen LogP contribution in [0, 0.1) is 17.7 Å². The van der Waals surface area contributed by atoms with Gasteiger partial charge in [-0.15, -0.1) is 0 Å². The Balaban J connectivity index is 3.13. The molecule has 104 valence electrons. The number of benzene rings is 1. The highest BCUT2D eigenvalue weighted by molar-refractivity contribution is 6.09. The van der Waals surface area contributed by atoms with Gasteiger partial charge in [0.1, 0.15) is 5.92 Å². The van der Waals surface area contributed by atoms with Crippen LogP contribution in [0.4, 0.5) is 4.39 Å². The smallest absolute Gasteiger partial charge is 0.316 e. The van der Waals surface area contributed by atoms with Gasteiger partial charge in [0.2, 0.25) is 0 Å². The molecule has 1 aromatic carbocycles. The van der Waals surface area contributed by atoms with Crippen molar-refractivity contribution in [3.05, 3.63) is 29.6 Å². The molecule has 1 unspecified atom stereocenters. The largest absolute Gasteiger partial charge is 0.494 e. The molecule has 1 atom stereocenters. The van der Waals surface area contributed by atoms with E-state index in [9.17, 15) is 14.0 Å². The van der Waals surface area contributed by atoms with E-state index in [0.29, 0.717) is 0 Å². The van der Waals surface area contributed by atoms with E-state index in [1.807, 2.05) is 0 Å². The SMILES string of the molecule is COC(=O)C(C(=O)c1ccc(F)c(OC)c1)C(C)C. The Morgan fingerprint density at radius 1 is 1.21 bits per heavy atom. The summed E-state index contributed by atoms with van der Waals surface area (Å²) in [6.07, 6.45) is 0. The summed E-state index contributed by atoms with van der Waals surface area (Å²) < 4.78 is 22.7. The van der Waals surface area contributed by atoms with Gasteiger partial charge in [-0.2, -0.15) is 0 Å². The quantitative estimate of drug-likeness (QED) is 0.467. The van der Waals surface area contributed by atoms with E-state index in [1.54, 1.807) is 13.8 Å². The minimum Gasteiger partial charge on any atom is -0.494 e. The highest BCUT2D eigenvalue weighted by Crippen LogP contribution is 2.23. The van der Waals surface area contributed by atoms with Gasteiger partial charge in [0.05, 0.1) is 14.2 Å². The molecule has 1 aromatic rings. The molecule has 0 spiro atoms. The van der Waals surface area contributed by atoms with Crippen molar-refractivity contribution in [3.63, 3.8) is 0 Å². The van der Waals surface area contributed by atoms with Crippen LogP contribution in [0.2, 0.25) is 0 Å². The lowest BCUT2D eigenvalue weighted by Gasteiger charge is -2.17. The minimum atomic E-state index is -0.903. The van der Waals surface area contributed by atoms with Gasteiger partial charge in [-0.3, -0.25) is 9.59 Å².